The molecule has 2 aromatic rings. The molecule has 3 nitrogen and oxygen atoms in total. The Morgan fingerprint density at radius 3 is 2.78 bits per heavy atom. The van der Waals surface area contributed by atoms with Gasteiger partial charge >= 0.3 is 6.36 Å². The fraction of sp³-hybridized carbons (Fsp3) is 0.375. The summed E-state index contributed by atoms with van der Waals surface area (Å²) in [4.78, 5) is 8.37. The fourth-order valence-electron chi connectivity index (χ4n) is 3.21. The molecule has 1 aromatic carbocycles. The zero-order chi connectivity index (χ0) is 16.2. The number of halogens is 3. The second-order valence-electron chi connectivity index (χ2n) is 5.80. The van der Waals surface area contributed by atoms with Crippen LogP contribution in [0.3, 0.4) is 0 Å². The molecule has 7 heteroatoms. The number of hydrogen-bond donors (Lipinski definition) is 0. The maximum atomic E-state index is 12.4. The van der Waals surface area contributed by atoms with Gasteiger partial charge < -0.3 is 4.74 Å². The zero-order valence-corrected chi connectivity index (χ0v) is 13.1. The van der Waals surface area contributed by atoms with Crippen molar-refractivity contribution in [3.05, 3.63) is 45.6 Å². The standard InChI is InChI=1S/C16H14F3NO2S/c1-9-2-5-15(23-9)14-8-12-7-10-6-11(21-16(17,18)19)3-4-13(10)20(14)22-12/h2-6,12,14H,7-8H2,1H3/t12-,14-/m0/s1. The van der Waals surface area contributed by atoms with Crippen LogP contribution in [0.4, 0.5) is 18.9 Å². The van der Waals surface area contributed by atoms with Gasteiger partial charge in [0.25, 0.3) is 0 Å². The lowest BCUT2D eigenvalue weighted by molar-refractivity contribution is -0.274. The smallest absolute Gasteiger partial charge is 0.406 e. The van der Waals surface area contributed by atoms with Gasteiger partial charge in [0, 0.05) is 22.6 Å². The van der Waals surface area contributed by atoms with E-state index in [4.69, 9.17) is 4.84 Å². The predicted octanol–water partition coefficient (Wildman–Crippen LogP) is 4.76. The van der Waals surface area contributed by atoms with Gasteiger partial charge in [-0.1, -0.05) is 0 Å². The molecule has 3 heterocycles. The highest BCUT2D eigenvalue weighted by atomic mass is 32.1. The number of nitrogens with zero attached hydrogens (tertiary/aromatic N) is 1. The van der Waals surface area contributed by atoms with E-state index in [1.165, 1.54) is 21.9 Å². The highest BCUT2D eigenvalue weighted by Gasteiger charge is 2.41. The number of alkyl halides is 3. The molecule has 1 fully saturated rings. The third-order valence-corrected chi connectivity index (χ3v) is 5.19. The summed E-state index contributed by atoms with van der Waals surface area (Å²) in [5.41, 5.74) is 1.66. The molecule has 2 bridgehead atoms. The molecule has 2 atom stereocenters. The third-order valence-electron chi connectivity index (χ3n) is 4.09. The Morgan fingerprint density at radius 1 is 1.26 bits per heavy atom. The lowest BCUT2D eigenvalue weighted by atomic mass is 10.0. The fourth-order valence-corrected chi connectivity index (χ4v) is 4.19. The van der Waals surface area contributed by atoms with Gasteiger partial charge in [-0.3, -0.25) is 4.84 Å². The Balaban J connectivity index is 1.65. The van der Waals surface area contributed by atoms with Gasteiger partial charge in [-0.25, -0.2) is 5.06 Å². The molecule has 23 heavy (non-hydrogen) atoms. The largest absolute Gasteiger partial charge is 0.573 e. The normalized spacial score (nSPS) is 23.0. The average Bonchev–Trinajstić information content (AvgIpc) is 3.01. The van der Waals surface area contributed by atoms with Crippen LogP contribution < -0.4 is 9.80 Å². The van der Waals surface area contributed by atoms with E-state index in [9.17, 15) is 13.2 Å². The topological polar surface area (TPSA) is 21.7 Å². The maximum Gasteiger partial charge on any atom is 0.573 e. The number of ether oxygens (including phenoxy) is 1. The van der Waals surface area contributed by atoms with Gasteiger partial charge in [0.1, 0.15) is 5.75 Å². The van der Waals surface area contributed by atoms with Crippen LogP contribution in [0.25, 0.3) is 0 Å². The van der Waals surface area contributed by atoms with E-state index < -0.39 is 6.36 Å². The van der Waals surface area contributed by atoms with Gasteiger partial charge in [-0.15, -0.1) is 24.5 Å². The van der Waals surface area contributed by atoms with Crippen molar-refractivity contribution in [3.63, 3.8) is 0 Å². The molecule has 1 saturated heterocycles. The molecule has 0 aliphatic carbocycles. The van der Waals surface area contributed by atoms with E-state index in [1.54, 1.807) is 17.4 Å². The number of fused-ring (bicyclic) bond motifs is 4. The number of hydroxylamine groups is 1. The van der Waals surface area contributed by atoms with Crippen molar-refractivity contribution in [1.82, 2.24) is 0 Å². The molecular formula is C16H14F3NO2S. The summed E-state index contributed by atoms with van der Waals surface area (Å²) in [6.07, 6.45) is -3.24. The van der Waals surface area contributed by atoms with Crippen molar-refractivity contribution >= 4 is 17.0 Å². The first-order valence-electron chi connectivity index (χ1n) is 7.30. The Labute approximate surface area is 135 Å². The molecule has 0 unspecified atom stereocenters. The zero-order valence-electron chi connectivity index (χ0n) is 12.3. The van der Waals surface area contributed by atoms with E-state index in [0.29, 0.717) is 6.42 Å². The first-order valence-corrected chi connectivity index (χ1v) is 8.12. The summed E-state index contributed by atoms with van der Waals surface area (Å²) in [6.45, 7) is 2.06. The number of rotatable bonds is 2. The van der Waals surface area contributed by atoms with Crippen molar-refractivity contribution in [2.45, 2.75) is 38.3 Å². The lowest BCUT2D eigenvalue weighted by Crippen LogP contribution is -2.27. The summed E-state index contributed by atoms with van der Waals surface area (Å²) in [5.74, 6) is -0.178. The third kappa shape index (κ3) is 2.79. The Kier molecular flexibility index (Phi) is 3.32. The van der Waals surface area contributed by atoms with Crippen LogP contribution in [0, 0.1) is 6.92 Å². The van der Waals surface area contributed by atoms with Gasteiger partial charge in [0.15, 0.2) is 0 Å². The van der Waals surface area contributed by atoms with Crippen LogP contribution in [0.2, 0.25) is 0 Å². The molecule has 1 aromatic heterocycles. The molecule has 122 valence electrons. The minimum Gasteiger partial charge on any atom is -0.406 e. The van der Waals surface area contributed by atoms with Crippen molar-refractivity contribution in [3.8, 4) is 5.75 Å². The van der Waals surface area contributed by atoms with Crippen LogP contribution in [0.15, 0.2) is 30.3 Å². The SMILES string of the molecule is Cc1ccc([C@@H]2C[C@@H]3Cc4cc(OC(F)(F)F)ccc4N2O3)s1. The molecule has 0 radical (unpaired) electrons. The number of hydrogen-bond acceptors (Lipinski definition) is 4. The summed E-state index contributed by atoms with van der Waals surface area (Å²) >= 11 is 1.72. The number of benzene rings is 1. The van der Waals surface area contributed by atoms with Crippen molar-refractivity contribution in [2.75, 3.05) is 5.06 Å². The van der Waals surface area contributed by atoms with Gasteiger partial charge in [0.2, 0.25) is 0 Å². The maximum absolute atomic E-state index is 12.4. The van der Waals surface area contributed by atoms with Gasteiger partial charge in [0.05, 0.1) is 17.8 Å². The van der Waals surface area contributed by atoms with Crippen LogP contribution in [-0.2, 0) is 11.3 Å². The van der Waals surface area contributed by atoms with Crippen molar-refractivity contribution in [2.24, 2.45) is 0 Å². The predicted molar refractivity (Wildman–Crippen MR) is 80.6 cm³/mol. The van der Waals surface area contributed by atoms with E-state index in [0.717, 1.165) is 17.7 Å². The van der Waals surface area contributed by atoms with Gasteiger partial charge in [-0.2, -0.15) is 0 Å². The first kappa shape index (κ1) is 14.8. The first-order chi connectivity index (χ1) is 10.9. The van der Waals surface area contributed by atoms with Crippen LogP contribution in [-0.4, -0.2) is 12.5 Å². The van der Waals surface area contributed by atoms with E-state index >= 15 is 0 Å². The average molecular weight is 341 g/mol. The summed E-state index contributed by atoms with van der Waals surface area (Å²) < 4.78 is 41.1. The molecular weight excluding hydrogens is 327 g/mol. The minimum atomic E-state index is -4.67. The number of aryl methyl sites for hydroxylation is 1. The molecule has 2 aliphatic heterocycles. The number of thiophene rings is 1. The lowest BCUT2D eigenvalue weighted by Gasteiger charge is -2.30. The highest BCUT2D eigenvalue weighted by molar-refractivity contribution is 7.12. The molecule has 4 rings (SSSR count). The quantitative estimate of drug-likeness (QED) is 0.786. The molecule has 2 aliphatic rings. The Hall–Kier alpha value is -1.73. The summed E-state index contributed by atoms with van der Waals surface area (Å²) in [5, 5.41) is 1.84. The molecule has 0 N–H and O–H groups in total. The second kappa shape index (κ2) is 5.14. The highest BCUT2D eigenvalue weighted by Crippen LogP contribution is 2.47. The van der Waals surface area contributed by atoms with E-state index in [-0.39, 0.29) is 17.9 Å². The molecule has 0 amide bonds. The summed E-state index contributed by atoms with van der Waals surface area (Å²) in [7, 11) is 0. The van der Waals surface area contributed by atoms with Crippen molar-refractivity contribution in [1.29, 1.82) is 0 Å². The monoisotopic (exact) mass is 341 g/mol. The Bertz CT molecular complexity index is 743. The van der Waals surface area contributed by atoms with Crippen LogP contribution in [0.1, 0.15) is 27.8 Å². The number of anilines is 1. The molecule has 0 spiro atoms. The second-order valence-corrected chi connectivity index (χ2v) is 7.12. The minimum absolute atomic E-state index is 0.00366. The van der Waals surface area contributed by atoms with Gasteiger partial charge in [-0.05, 0) is 42.8 Å². The van der Waals surface area contributed by atoms with Crippen LogP contribution in [0.5, 0.6) is 5.75 Å². The van der Waals surface area contributed by atoms with Crippen molar-refractivity contribution < 1.29 is 22.7 Å². The van der Waals surface area contributed by atoms with E-state index in [2.05, 4.69) is 23.8 Å². The van der Waals surface area contributed by atoms with Crippen LogP contribution >= 0.6 is 11.3 Å². The Morgan fingerprint density at radius 2 is 2.09 bits per heavy atom. The van der Waals surface area contributed by atoms with E-state index in [1.807, 2.05) is 5.06 Å². The molecule has 0 saturated carbocycles. The summed E-state index contributed by atoms with van der Waals surface area (Å²) in [6, 6.07) is 8.73.